The Morgan fingerprint density at radius 2 is 2.29 bits per heavy atom. The molecule has 0 spiro atoms. The second kappa shape index (κ2) is 6.51. The molecule has 0 saturated heterocycles. The van der Waals surface area contributed by atoms with Gasteiger partial charge in [-0.05, 0) is 35.4 Å². The molecule has 0 aromatic carbocycles. The number of pyridine rings is 1. The lowest BCUT2D eigenvalue weighted by Crippen LogP contribution is -2.23. The first-order valence-electron chi connectivity index (χ1n) is 5.23. The van der Waals surface area contributed by atoms with Crippen molar-refractivity contribution in [3.05, 3.63) is 26.9 Å². The van der Waals surface area contributed by atoms with Crippen LogP contribution in [0.5, 0.6) is 0 Å². The van der Waals surface area contributed by atoms with E-state index in [1.54, 1.807) is 0 Å². The van der Waals surface area contributed by atoms with Crippen LogP contribution in [0.4, 0.5) is 11.5 Å². The van der Waals surface area contributed by atoms with Gasteiger partial charge in [0, 0.05) is 12.6 Å². The molecular formula is C10H15BrN4O2. The maximum atomic E-state index is 10.5. The van der Waals surface area contributed by atoms with E-state index in [9.17, 15) is 10.1 Å². The molecule has 1 atom stereocenters. The van der Waals surface area contributed by atoms with Gasteiger partial charge >= 0.3 is 0 Å². The van der Waals surface area contributed by atoms with Crippen LogP contribution in [0, 0.1) is 16.0 Å². The summed E-state index contributed by atoms with van der Waals surface area (Å²) in [5.41, 5.74) is -0.0225. The van der Waals surface area contributed by atoms with E-state index < -0.39 is 4.92 Å². The SMILES string of the molecule is CNCC(C)CNc1ncc([N+](=O)[O-])cc1Br. The molecule has 1 unspecified atom stereocenters. The molecule has 0 fully saturated rings. The highest BCUT2D eigenvalue weighted by Gasteiger charge is 2.10. The van der Waals surface area contributed by atoms with Gasteiger partial charge in [-0.1, -0.05) is 6.92 Å². The summed E-state index contributed by atoms with van der Waals surface area (Å²) in [6.45, 7) is 3.75. The fourth-order valence-corrected chi connectivity index (χ4v) is 1.83. The highest BCUT2D eigenvalue weighted by molar-refractivity contribution is 9.10. The Bertz CT molecular complexity index is 400. The highest BCUT2D eigenvalue weighted by atomic mass is 79.9. The second-order valence-electron chi connectivity index (χ2n) is 3.82. The summed E-state index contributed by atoms with van der Waals surface area (Å²) in [4.78, 5) is 14.1. The lowest BCUT2D eigenvalue weighted by Gasteiger charge is -2.13. The molecule has 0 aliphatic carbocycles. The number of rotatable bonds is 6. The molecule has 1 aromatic rings. The maximum absolute atomic E-state index is 10.5. The Kier molecular flexibility index (Phi) is 5.30. The minimum absolute atomic E-state index is 0.0225. The molecular weight excluding hydrogens is 288 g/mol. The van der Waals surface area contributed by atoms with Crippen LogP contribution >= 0.6 is 15.9 Å². The molecule has 94 valence electrons. The normalized spacial score (nSPS) is 12.2. The average molecular weight is 303 g/mol. The van der Waals surface area contributed by atoms with E-state index in [1.807, 2.05) is 7.05 Å². The Balaban J connectivity index is 2.63. The van der Waals surface area contributed by atoms with E-state index in [1.165, 1.54) is 12.3 Å². The van der Waals surface area contributed by atoms with Crippen molar-refractivity contribution in [2.75, 3.05) is 25.5 Å². The lowest BCUT2D eigenvalue weighted by molar-refractivity contribution is -0.385. The number of hydrogen-bond acceptors (Lipinski definition) is 5. The van der Waals surface area contributed by atoms with E-state index in [0.29, 0.717) is 16.2 Å². The van der Waals surface area contributed by atoms with Gasteiger partial charge in [0.05, 0.1) is 9.40 Å². The number of nitrogens with one attached hydrogen (secondary N) is 2. The molecule has 7 heteroatoms. The van der Waals surface area contributed by atoms with Crippen molar-refractivity contribution in [3.8, 4) is 0 Å². The van der Waals surface area contributed by atoms with Gasteiger partial charge in [-0.15, -0.1) is 0 Å². The smallest absolute Gasteiger partial charge is 0.288 e. The molecule has 0 radical (unpaired) electrons. The van der Waals surface area contributed by atoms with E-state index in [4.69, 9.17) is 0 Å². The number of hydrogen-bond donors (Lipinski definition) is 2. The average Bonchev–Trinajstić information content (AvgIpc) is 2.27. The fourth-order valence-electron chi connectivity index (χ4n) is 1.35. The van der Waals surface area contributed by atoms with Crippen molar-refractivity contribution in [3.63, 3.8) is 0 Å². The third-order valence-electron chi connectivity index (χ3n) is 2.21. The quantitative estimate of drug-likeness (QED) is 0.621. The molecule has 1 aromatic heterocycles. The van der Waals surface area contributed by atoms with Gasteiger partial charge in [0.1, 0.15) is 12.0 Å². The Hall–Kier alpha value is -1.21. The predicted molar refractivity (Wildman–Crippen MR) is 70.2 cm³/mol. The fraction of sp³-hybridized carbons (Fsp3) is 0.500. The zero-order valence-corrected chi connectivity index (χ0v) is 11.3. The van der Waals surface area contributed by atoms with E-state index in [-0.39, 0.29) is 5.69 Å². The summed E-state index contributed by atoms with van der Waals surface area (Å²) in [7, 11) is 1.90. The van der Waals surface area contributed by atoms with E-state index in [0.717, 1.165) is 13.1 Å². The van der Waals surface area contributed by atoms with Gasteiger partial charge in [-0.3, -0.25) is 10.1 Å². The van der Waals surface area contributed by atoms with Gasteiger partial charge in [0.2, 0.25) is 0 Å². The number of nitro groups is 1. The van der Waals surface area contributed by atoms with Crippen LogP contribution < -0.4 is 10.6 Å². The Morgan fingerprint density at radius 1 is 1.59 bits per heavy atom. The number of anilines is 1. The topological polar surface area (TPSA) is 80.1 Å². The monoisotopic (exact) mass is 302 g/mol. The first-order chi connectivity index (χ1) is 8.04. The Labute approximate surface area is 108 Å². The van der Waals surface area contributed by atoms with Crippen LogP contribution in [-0.4, -0.2) is 30.0 Å². The van der Waals surface area contributed by atoms with Crippen LogP contribution in [0.1, 0.15) is 6.92 Å². The third kappa shape index (κ3) is 4.27. The molecule has 6 nitrogen and oxygen atoms in total. The van der Waals surface area contributed by atoms with Gasteiger partial charge in [0.25, 0.3) is 5.69 Å². The van der Waals surface area contributed by atoms with Gasteiger partial charge < -0.3 is 10.6 Å². The van der Waals surface area contributed by atoms with E-state index in [2.05, 4.69) is 38.5 Å². The third-order valence-corrected chi connectivity index (χ3v) is 2.81. The Morgan fingerprint density at radius 3 is 2.82 bits per heavy atom. The molecule has 0 bridgehead atoms. The molecule has 2 N–H and O–H groups in total. The largest absolute Gasteiger partial charge is 0.369 e. The zero-order valence-electron chi connectivity index (χ0n) is 9.74. The van der Waals surface area contributed by atoms with Crippen molar-refractivity contribution in [1.29, 1.82) is 0 Å². The standard InChI is InChI=1S/C10H15BrN4O2/c1-7(4-12-2)5-13-10-9(11)3-8(6-14-10)15(16)17/h3,6-7,12H,4-5H2,1-2H3,(H,13,14). The summed E-state index contributed by atoms with van der Waals surface area (Å²) < 4.78 is 0.600. The van der Waals surface area contributed by atoms with Crippen molar-refractivity contribution >= 4 is 27.4 Å². The van der Waals surface area contributed by atoms with Gasteiger partial charge in [-0.2, -0.15) is 0 Å². The summed E-state index contributed by atoms with van der Waals surface area (Å²) in [6, 6.07) is 1.44. The molecule has 1 heterocycles. The molecule has 0 aliphatic heterocycles. The van der Waals surface area contributed by atoms with Crippen LogP contribution in [0.15, 0.2) is 16.7 Å². The first kappa shape index (κ1) is 13.9. The molecule has 0 amide bonds. The van der Waals surface area contributed by atoms with Crippen LogP contribution in [0.2, 0.25) is 0 Å². The van der Waals surface area contributed by atoms with Gasteiger partial charge in [0.15, 0.2) is 0 Å². The molecule has 1 rings (SSSR count). The van der Waals surface area contributed by atoms with Crippen molar-refractivity contribution < 1.29 is 4.92 Å². The number of halogens is 1. The van der Waals surface area contributed by atoms with Crippen LogP contribution in [-0.2, 0) is 0 Å². The summed E-state index contributed by atoms with van der Waals surface area (Å²) in [5.74, 6) is 1.07. The minimum Gasteiger partial charge on any atom is -0.369 e. The predicted octanol–water partition coefficient (Wildman–Crippen LogP) is 2.02. The van der Waals surface area contributed by atoms with Crippen LogP contribution in [0.3, 0.4) is 0 Å². The zero-order chi connectivity index (χ0) is 12.8. The summed E-state index contributed by atoms with van der Waals surface area (Å²) in [5, 5.41) is 16.8. The highest BCUT2D eigenvalue weighted by Crippen LogP contribution is 2.24. The second-order valence-corrected chi connectivity index (χ2v) is 4.68. The number of aromatic nitrogens is 1. The minimum atomic E-state index is -0.467. The van der Waals surface area contributed by atoms with E-state index >= 15 is 0 Å². The summed E-state index contributed by atoms with van der Waals surface area (Å²) in [6.07, 6.45) is 1.25. The first-order valence-corrected chi connectivity index (χ1v) is 6.02. The molecule has 17 heavy (non-hydrogen) atoms. The number of nitrogens with zero attached hydrogens (tertiary/aromatic N) is 2. The summed E-state index contributed by atoms with van der Waals surface area (Å²) >= 11 is 3.26. The van der Waals surface area contributed by atoms with Crippen molar-refractivity contribution in [1.82, 2.24) is 10.3 Å². The molecule has 0 aliphatic rings. The lowest BCUT2D eigenvalue weighted by atomic mass is 10.2. The van der Waals surface area contributed by atoms with Crippen molar-refractivity contribution in [2.45, 2.75) is 6.92 Å². The maximum Gasteiger partial charge on any atom is 0.288 e. The molecule has 0 saturated carbocycles. The van der Waals surface area contributed by atoms with Crippen molar-refractivity contribution in [2.24, 2.45) is 5.92 Å². The van der Waals surface area contributed by atoms with Crippen LogP contribution in [0.25, 0.3) is 0 Å². The van der Waals surface area contributed by atoms with Gasteiger partial charge in [-0.25, -0.2) is 4.98 Å².